The minimum absolute atomic E-state index is 0.0491. The van der Waals surface area contributed by atoms with Crippen LogP contribution in [-0.4, -0.2) is 38.2 Å². The first-order valence-electron chi connectivity index (χ1n) is 9.76. The van der Waals surface area contributed by atoms with E-state index in [2.05, 4.69) is 16.8 Å². The Bertz CT molecular complexity index is 715. The summed E-state index contributed by atoms with van der Waals surface area (Å²) in [6.07, 6.45) is 6.98. The van der Waals surface area contributed by atoms with Crippen molar-refractivity contribution in [1.29, 1.82) is 0 Å². The highest BCUT2D eigenvalue weighted by atomic mass is 32.2. The second-order valence-corrected chi connectivity index (χ2v) is 8.98. The molecule has 152 valence electrons. The van der Waals surface area contributed by atoms with Crippen LogP contribution in [0.3, 0.4) is 0 Å². The topological polar surface area (TPSA) is 88.6 Å². The molecule has 1 saturated heterocycles. The number of unbranched alkanes of at least 4 members (excludes halogenated alkanes) is 1. The Morgan fingerprint density at radius 3 is 2.52 bits per heavy atom. The number of ether oxygens (including phenoxy) is 1. The van der Waals surface area contributed by atoms with Crippen LogP contribution < -0.4 is 9.62 Å². The number of sulfonamides is 1. The van der Waals surface area contributed by atoms with Gasteiger partial charge in [0.05, 0.1) is 0 Å². The summed E-state index contributed by atoms with van der Waals surface area (Å²) in [4.78, 5) is 18.5. The fraction of sp³-hybridized carbons (Fsp3) is 0.684. The molecule has 1 atom stereocenters. The van der Waals surface area contributed by atoms with Gasteiger partial charge < -0.3 is 9.64 Å². The Morgan fingerprint density at radius 1 is 1.26 bits per heavy atom. The van der Waals surface area contributed by atoms with Gasteiger partial charge in [0, 0.05) is 19.3 Å². The van der Waals surface area contributed by atoms with Crippen LogP contribution in [0, 0.1) is 0 Å². The number of amides is 1. The van der Waals surface area contributed by atoms with Crippen molar-refractivity contribution in [1.82, 2.24) is 9.71 Å². The molecule has 27 heavy (non-hydrogen) atoms. The largest absolute Gasteiger partial charge is 0.443 e. The van der Waals surface area contributed by atoms with Gasteiger partial charge in [0.1, 0.15) is 16.3 Å². The number of nitrogens with one attached hydrogen (secondary N) is 1. The minimum atomic E-state index is -4.01. The smallest absolute Gasteiger partial charge is 0.421 e. The quantitative estimate of drug-likeness (QED) is 0.717. The Kier molecular flexibility index (Phi) is 7.47. The highest BCUT2D eigenvalue weighted by Crippen LogP contribution is 2.23. The minimum Gasteiger partial charge on any atom is -0.443 e. The molecule has 0 spiro atoms. The van der Waals surface area contributed by atoms with Gasteiger partial charge in [-0.3, -0.25) is 0 Å². The molecular formula is C19H31N3O4S. The van der Waals surface area contributed by atoms with E-state index in [1.807, 2.05) is 18.6 Å². The van der Waals surface area contributed by atoms with E-state index < -0.39 is 21.7 Å². The van der Waals surface area contributed by atoms with Gasteiger partial charge in [-0.15, -0.1) is 0 Å². The molecule has 1 aromatic heterocycles. The number of anilines is 1. The third-order valence-electron chi connectivity index (χ3n) is 5.07. The third-order valence-corrected chi connectivity index (χ3v) is 6.37. The van der Waals surface area contributed by atoms with Crippen molar-refractivity contribution in [3.05, 3.63) is 18.3 Å². The van der Waals surface area contributed by atoms with Gasteiger partial charge >= 0.3 is 6.09 Å². The summed E-state index contributed by atoms with van der Waals surface area (Å²) < 4.78 is 32.3. The van der Waals surface area contributed by atoms with E-state index in [0.717, 1.165) is 44.6 Å². The maximum Gasteiger partial charge on any atom is 0.421 e. The summed E-state index contributed by atoms with van der Waals surface area (Å²) in [5.41, 5.74) is -0.675. The molecule has 0 bridgehead atoms. The molecule has 0 aromatic carbocycles. The Labute approximate surface area is 162 Å². The lowest BCUT2D eigenvalue weighted by atomic mass is 9.96. The summed E-state index contributed by atoms with van der Waals surface area (Å²) in [5, 5.41) is 0. The monoisotopic (exact) mass is 397 g/mol. The maximum atomic E-state index is 12.5. The molecule has 8 heteroatoms. The highest BCUT2D eigenvalue weighted by molar-refractivity contribution is 7.90. The molecule has 2 heterocycles. The van der Waals surface area contributed by atoms with E-state index in [1.165, 1.54) is 18.7 Å². The standard InChI is InChI=1S/C19H31N3O4S/c1-4-6-12-19(3,5-2)26-18(23)21-27(24,25)16-10-11-17(20-15-16)22-13-8-7-9-14-22/h10-11,15H,4-9,12-14H2,1-3H3,(H,21,23). The van der Waals surface area contributed by atoms with Gasteiger partial charge in [0.2, 0.25) is 0 Å². The van der Waals surface area contributed by atoms with Crippen LogP contribution >= 0.6 is 0 Å². The normalized spacial score (nSPS) is 17.2. The molecule has 1 amide bonds. The van der Waals surface area contributed by atoms with E-state index in [0.29, 0.717) is 12.8 Å². The van der Waals surface area contributed by atoms with Crippen molar-refractivity contribution >= 4 is 21.9 Å². The second-order valence-electron chi connectivity index (χ2n) is 7.30. The number of nitrogens with zero attached hydrogens (tertiary/aromatic N) is 2. The molecule has 1 N–H and O–H groups in total. The zero-order chi connectivity index (χ0) is 19.9. The lowest BCUT2D eigenvalue weighted by molar-refractivity contribution is 0.0175. The molecule has 1 aliphatic rings. The van der Waals surface area contributed by atoms with Gasteiger partial charge in [0.15, 0.2) is 0 Å². The number of aromatic nitrogens is 1. The van der Waals surface area contributed by atoms with Crippen LogP contribution in [0.4, 0.5) is 10.6 Å². The average Bonchev–Trinajstić information content (AvgIpc) is 2.66. The highest BCUT2D eigenvalue weighted by Gasteiger charge is 2.29. The predicted molar refractivity (Wildman–Crippen MR) is 105 cm³/mol. The van der Waals surface area contributed by atoms with Gasteiger partial charge in [-0.1, -0.05) is 20.3 Å². The van der Waals surface area contributed by atoms with E-state index in [4.69, 9.17) is 4.74 Å². The van der Waals surface area contributed by atoms with Gasteiger partial charge in [0.25, 0.3) is 10.0 Å². The number of hydrogen-bond donors (Lipinski definition) is 1. The summed E-state index contributed by atoms with van der Waals surface area (Å²) in [7, 11) is -4.01. The number of carbonyl (C=O) groups excluding carboxylic acids is 1. The summed E-state index contributed by atoms with van der Waals surface area (Å²) >= 11 is 0. The van der Waals surface area contributed by atoms with E-state index >= 15 is 0 Å². The van der Waals surface area contributed by atoms with Crippen molar-refractivity contribution in [2.24, 2.45) is 0 Å². The van der Waals surface area contributed by atoms with E-state index in [1.54, 1.807) is 6.07 Å². The number of carbonyl (C=O) groups is 1. The third kappa shape index (κ3) is 6.09. The number of piperidine rings is 1. The zero-order valence-corrected chi connectivity index (χ0v) is 17.3. The number of hydrogen-bond acceptors (Lipinski definition) is 6. The average molecular weight is 398 g/mol. The van der Waals surface area contributed by atoms with Crippen LogP contribution in [0.5, 0.6) is 0 Å². The molecule has 1 fully saturated rings. The van der Waals surface area contributed by atoms with Crippen LogP contribution in [0.15, 0.2) is 23.2 Å². The molecule has 1 aliphatic heterocycles. The Morgan fingerprint density at radius 2 is 1.96 bits per heavy atom. The van der Waals surface area contributed by atoms with Crippen molar-refractivity contribution in [3.63, 3.8) is 0 Å². The fourth-order valence-corrected chi connectivity index (χ4v) is 3.92. The summed E-state index contributed by atoms with van der Waals surface area (Å²) in [6, 6.07) is 3.16. The van der Waals surface area contributed by atoms with E-state index in [-0.39, 0.29) is 4.90 Å². The maximum absolute atomic E-state index is 12.5. The van der Waals surface area contributed by atoms with Crippen molar-refractivity contribution < 1.29 is 17.9 Å². The second kappa shape index (κ2) is 9.39. The SMILES string of the molecule is CCCCC(C)(CC)OC(=O)NS(=O)(=O)c1ccc(N2CCCCC2)nc1. The van der Waals surface area contributed by atoms with Crippen molar-refractivity contribution in [2.45, 2.75) is 76.2 Å². The van der Waals surface area contributed by atoms with Crippen LogP contribution in [0.2, 0.25) is 0 Å². The molecule has 7 nitrogen and oxygen atoms in total. The first-order valence-corrected chi connectivity index (χ1v) is 11.2. The zero-order valence-electron chi connectivity index (χ0n) is 16.5. The molecule has 1 aromatic rings. The van der Waals surface area contributed by atoms with Gasteiger partial charge in [-0.25, -0.2) is 22.9 Å². The van der Waals surface area contributed by atoms with Crippen LogP contribution in [0.1, 0.15) is 65.7 Å². The van der Waals surface area contributed by atoms with Crippen LogP contribution in [0.25, 0.3) is 0 Å². The first kappa shape index (κ1) is 21.5. The lowest BCUT2D eigenvalue weighted by Gasteiger charge is -2.28. The Hall–Kier alpha value is -1.83. The molecular weight excluding hydrogens is 366 g/mol. The lowest BCUT2D eigenvalue weighted by Crippen LogP contribution is -2.39. The summed E-state index contributed by atoms with van der Waals surface area (Å²) in [6.45, 7) is 7.65. The predicted octanol–water partition coefficient (Wildman–Crippen LogP) is 3.85. The van der Waals surface area contributed by atoms with E-state index in [9.17, 15) is 13.2 Å². The Balaban J connectivity index is 2.01. The summed E-state index contributed by atoms with van der Waals surface area (Å²) in [5.74, 6) is 0.759. The van der Waals surface area contributed by atoms with Crippen molar-refractivity contribution in [3.8, 4) is 0 Å². The van der Waals surface area contributed by atoms with Crippen molar-refractivity contribution in [2.75, 3.05) is 18.0 Å². The molecule has 0 radical (unpaired) electrons. The van der Waals surface area contributed by atoms with Crippen LogP contribution in [-0.2, 0) is 14.8 Å². The van der Waals surface area contributed by atoms with Gasteiger partial charge in [-0.2, -0.15) is 0 Å². The number of pyridine rings is 1. The van der Waals surface area contributed by atoms with Gasteiger partial charge in [-0.05, 0) is 57.6 Å². The molecule has 1 unspecified atom stereocenters. The molecule has 0 aliphatic carbocycles. The fourth-order valence-electron chi connectivity index (χ4n) is 3.11. The number of rotatable bonds is 8. The molecule has 2 rings (SSSR count). The molecule has 0 saturated carbocycles. The first-order chi connectivity index (χ1) is 12.8.